The Balaban J connectivity index is 1.68. The van der Waals surface area contributed by atoms with Crippen LogP contribution < -0.4 is 10.9 Å². The Bertz CT molecular complexity index is 1290. The van der Waals surface area contributed by atoms with Gasteiger partial charge in [0.25, 0.3) is 5.56 Å². The highest BCUT2D eigenvalue weighted by molar-refractivity contribution is 7.99. The molecule has 0 unspecified atom stereocenters. The van der Waals surface area contributed by atoms with E-state index in [0.29, 0.717) is 26.9 Å². The van der Waals surface area contributed by atoms with Gasteiger partial charge in [0.05, 0.1) is 27.4 Å². The van der Waals surface area contributed by atoms with Crippen molar-refractivity contribution in [1.29, 1.82) is 0 Å². The van der Waals surface area contributed by atoms with Crippen LogP contribution in [0, 0.1) is 6.92 Å². The smallest absolute Gasteiger partial charge is 0.266 e. The summed E-state index contributed by atoms with van der Waals surface area (Å²) in [6.07, 6.45) is 1.46. The number of nitrogens with zero attached hydrogens (tertiary/aromatic N) is 3. The van der Waals surface area contributed by atoms with Crippen molar-refractivity contribution in [3.8, 4) is 5.69 Å². The molecule has 1 amide bonds. The number of thioether (sulfide) groups is 1. The average Bonchev–Trinajstić information content (AvgIpc) is 2.75. The van der Waals surface area contributed by atoms with Crippen LogP contribution >= 0.6 is 23.4 Å². The Hall–Kier alpha value is -3.16. The summed E-state index contributed by atoms with van der Waals surface area (Å²) in [5.41, 5.74) is 2.10. The molecule has 2 aromatic heterocycles. The zero-order chi connectivity index (χ0) is 21.1. The maximum atomic E-state index is 13.3. The number of carbonyl (C=O) groups is 1. The molecule has 0 aliphatic carbocycles. The summed E-state index contributed by atoms with van der Waals surface area (Å²) in [5, 5.41) is 4.19. The molecule has 4 rings (SSSR count). The van der Waals surface area contributed by atoms with Crippen LogP contribution in [0.25, 0.3) is 16.6 Å². The number of aromatic nitrogens is 3. The van der Waals surface area contributed by atoms with E-state index in [-0.39, 0.29) is 17.2 Å². The van der Waals surface area contributed by atoms with Crippen molar-refractivity contribution in [2.75, 3.05) is 11.1 Å². The van der Waals surface area contributed by atoms with Crippen molar-refractivity contribution in [2.45, 2.75) is 12.1 Å². The lowest BCUT2D eigenvalue weighted by Crippen LogP contribution is -2.23. The SMILES string of the molecule is Cc1ccccc1-n1c(SCC(=O)Nc2ccc(Cl)cn2)nc2ccccc2c1=O. The monoisotopic (exact) mass is 436 g/mol. The maximum Gasteiger partial charge on any atom is 0.266 e. The number of halogens is 1. The van der Waals surface area contributed by atoms with Gasteiger partial charge in [-0.25, -0.2) is 9.97 Å². The third-order valence-electron chi connectivity index (χ3n) is 4.43. The van der Waals surface area contributed by atoms with Gasteiger partial charge in [0.15, 0.2) is 5.16 Å². The lowest BCUT2D eigenvalue weighted by atomic mass is 10.2. The minimum absolute atomic E-state index is 0.0704. The first-order valence-electron chi connectivity index (χ1n) is 9.15. The van der Waals surface area contributed by atoms with Crippen molar-refractivity contribution in [3.63, 3.8) is 0 Å². The van der Waals surface area contributed by atoms with Gasteiger partial charge in [0, 0.05) is 6.20 Å². The van der Waals surface area contributed by atoms with Gasteiger partial charge in [-0.2, -0.15) is 0 Å². The van der Waals surface area contributed by atoms with Gasteiger partial charge >= 0.3 is 0 Å². The highest BCUT2D eigenvalue weighted by Gasteiger charge is 2.16. The van der Waals surface area contributed by atoms with Crippen molar-refractivity contribution in [2.24, 2.45) is 0 Å². The van der Waals surface area contributed by atoms with Crippen LogP contribution in [0.5, 0.6) is 0 Å². The van der Waals surface area contributed by atoms with E-state index in [1.54, 1.807) is 28.8 Å². The fraction of sp³-hybridized carbons (Fsp3) is 0.0909. The minimum Gasteiger partial charge on any atom is -0.310 e. The van der Waals surface area contributed by atoms with Crippen molar-refractivity contribution < 1.29 is 4.79 Å². The summed E-state index contributed by atoms with van der Waals surface area (Å²) < 4.78 is 1.57. The molecular weight excluding hydrogens is 420 g/mol. The largest absolute Gasteiger partial charge is 0.310 e. The second-order valence-electron chi connectivity index (χ2n) is 6.54. The molecule has 30 heavy (non-hydrogen) atoms. The van der Waals surface area contributed by atoms with Crippen LogP contribution in [0.1, 0.15) is 5.56 Å². The number of nitrogens with one attached hydrogen (secondary N) is 1. The number of para-hydroxylation sites is 2. The lowest BCUT2D eigenvalue weighted by molar-refractivity contribution is -0.113. The number of amides is 1. The van der Waals surface area contributed by atoms with Gasteiger partial charge < -0.3 is 5.32 Å². The van der Waals surface area contributed by atoms with Crippen LogP contribution in [0.2, 0.25) is 5.02 Å². The summed E-state index contributed by atoms with van der Waals surface area (Å²) in [6, 6.07) is 18.1. The first kappa shape index (κ1) is 20.1. The highest BCUT2D eigenvalue weighted by atomic mass is 35.5. The molecule has 0 saturated carbocycles. The fourth-order valence-electron chi connectivity index (χ4n) is 2.99. The van der Waals surface area contributed by atoms with Crippen LogP contribution in [-0.4, -0.2) is 26.2 Å². The number of pyridine rings is 1. The number of hydrogen-bond acceptors (Lipinski definition) is 5. The van der Waals surface area contributed by atoms with Crippen LogP contribution in [0.15, 0.2) is 76.8 Å². The van der Waals surface area contributed by atoms with Crippen molar-refractivity contribution >= 4 is 46.0 Å². The van der Waals surface area contributed by atoms with Crippen molar-refractivity contribution in [3.05, 3.63) is 87.8 Å². The average molecular weight is 437 g/mol. The predicted octanol–water partition coefficient (Wildman–Crippen LogP) is 4.47. The third-order valence-corrected chi connectivity index (χ3v) is 5.59. The topological polar surface area (TPSA) is 76.9 Å². The van der Waals surface area contributed by atoms with Gasteiger partial charge in [-0.05, 0) is 42.8 Å². The number of fused-ring (bicyclic) bond motifs is 1. The third kappa shape index (κ3) is 4.22. The molecule has 0 aliphatic heterocycles. The van der Waals surface area contributed by atoms with E-state index < -0.39 is 0 Å². The molecule has 0 saturated heterocycles. The molecule has 0 spiro atoms. The van der Waals surface area contributed by atoms with E-state index in [2.05, 4.69) is 15.3 Å². The normalized spacial score (nSPS) is 10.9. The van der Waals surface area contributed by atoms with Gasteiger partial charge in [-0.15, -0.1) is 0 Å². The second kappa shape index (κ2) is 8.69. The van der Waals surface area contributed by atoms with Crippen LogP contribution in [0.4, 0.5) is 5.82 Å². The zero-order valence-electron chi connectivity index (χ0n) is 16.0. The van der Waals surface area contributed by atoms with Gasteiger partial charge in [-0.3, -0.25) is 14.2 Å². The fourth-order valence-corrected chi connectivity index (χ4v) is 3.91. The summed E-state index contributed by atoms with van der Waals surface area (Å²) >= 11 is 7.02. The van der Waals surface area contributed by atoms with E-state index in [1.807, 2.05) is 43.3 Å². The number of benzene rings is 2. The molecule has 2 aromatic carbocycles. The summed E-state index contributed by atoms with van der Waals surface area (Å²) in [6.45, 7) is 1.93. The Morgan fingerprint density at radius 3 is 2.63 bits per heavy atom. The number of hydrogen-bond donors (Lipinski definition) is 1. The summed E-state index contributed by atoms with van der Waals surface area (Å²) in [5.74, 6) is 0.224. The van der Waals surface area contributed by atoms with E-state index in [9.17, 15) is 9.59 Å². The molecule has 0 aliphatic rings. The molecule has 4 aromatic rings. The molecule has 0 bridgehead atoms. The number of carbonyl (C=O) groups excluding carboxylic acids is 1. The first-order chi connectivity index (χ1) is 14.5. The van der Waals surface area contributed by atoms with E-state index in [0.717, 1.165) is 11.3 Å². The highest BCUT2D eigenvalue weighted by Crippen LogP contribution is 2.23. The minimum atomic E-state index is -0.256. The molecule has 6 nitrogen and oxygen atoms in total. The second-order valence-corrected chi connectivity index (χ2v) is 7.92. The molecule has 0 radical (unpaired) electrons. The summed E-state index contributed by atoms with van der Waals surface area (Å²) in [4.78, 5) is 34.4. The zero-order valence-corrected chi connectivity index (χ0v) is 17.6. The van der Waals surface area contributed by atoms with Crippen molar-refractivity contribution in [1.82, 2.24) is 14.5 Å². The number of aryl methyl sites for hydroxylation is 1. The van der Waals surface area contributed by atoms with E-state index in [1.165, 1.54) is 18.0 Å². The molecule has 8 heteroatoms. The molecule has 150 valence electrons. The van der Waals surface area contributed by atoms with Crippen LogP contribution in [0.3, 0.4) is 0 Å². The van der Waals surface area contributed by atoms with Crippen LogP contribution in [-0.2, 0) is 4.79 Å². The van der Waals surface area contributed by atoms with E-state index in [4.69, 9.17) is 11.6 Å². The molecule has 1 N–H and O–H groups in total. The Morgan fingerprint density at radius 1 is 1.10 bits per heavy atom. The predicted molar refractivity (Wildman–Crippen MR) is 121 cm³/mol. The van der Waals surface area contributed by atoms with Gasteiger partial charge in [0.1, 0.15) is 5.82 Å². The molecule has 0 fully saturated rings. The first-order valence-corrected chi connectivity index (χ1v) is 10.5. The maximum absolute atomic E-state index is 13.3. The number of rotatable bonds is 5. The summed E-state index contributed by atoms with van der Waals surface area (Å²) in [7, 11) is 0. The lowest BCUT2D eigenvalue weighted by Gasteiger charge is -2.15. The van der Waals surface area contributed by atoms with Gasteiger partial charge in [0.2, 0.25) is 5.91 Å². The number of anilines is 1. The Morgan fingerprint density at radius 2 is 1.87 bits per heavy atom. The Kier molecular flexibility index (Phi) is 5.83. The Labute approximate surface area is 181 Å². The molecular formula is C22H17ClN4O2S. The molecule has 2 heterocycles. The quantitative estimate of drug-likeness (QED) is 0.369. The van der Waals surface area contributed by atoms with E-state index >= 15 is 0 Å². The molecule has 0 atom stereocenters. The van der Waals surface area contributed by atoms with Gasteiger partial charge in [-0.1, -0.05) is 53.7 Å². The standard InChI is InChI=1S/C22H17ClN4O2S/c1-14-6-2-5-9-18(14)27-21(29)16-7-3-4-8-17(16)25-22(27)30-13-20(28)26-19-11-10-15(23)12-24-19/h2-12H,13H2,1H3,(H,24,26,28).